The minimum Gasteiger partial charge on any atom is -0.497 e. The smallest absolute Gasteiger partial charge is 0.408 e. The molecule has 9 nitrogen and oxygen atoms in total. The molecule has 0 spiro atoms. The van der Waals surface area contributed by atoms with Gasteiger partial charge in [0.2, 0.25) is 5.91 Å². The number of nitrogens with one attached hydrogen (secondary N) is 2. The molecule has 0 saturated carbocycles. The van der Waals surface area contributed by atoms with Gasteiger partial charge in [0.05, 0.1) is 37.8 Å². The molecule has 0 bridgehead atoms. The van der Waals surface area contributed by atoms with Crippen molar-refractivity contribution in [3.8, 4) is 11.5 Å². The second-order valence-corrected chi connectivity index (χ2v) is 8.42. The van der Waals surface area contributed by atoms with Gasteiger partial charge in [0, 0.05) is 6.07 Å². The third-order valence-corrected chi connectivity index (χ3v) is 4.90. The zero-order chi connectivity index (χ0) is 22.6. The van der Waals surface area contributed by atoms with E-state index in [1.807, 2.05) is 20.8 Å². The molecule has 1 aromatic carbocycles. The van der Waals surface area contributed by atoms with Crippen LogP contribution >= 0.6 is 0 Å². The summed E-state index contributed by atoms with van der Waals surface area (Å²) in [4.78, 5) is 25.0. The molecule has 1 aliphatic carbocycles. The number of carbonyl (C=O) groups excluding carboxylic acids is 2. The van der Waals surface area contributed by atoms with E-state index in [1.54, 1.807) is 36.2 Å². The summed E-state index contributed by atoms with van der Waals surface area (Å²) in [7, 11) is 3.09. The number of alkyl carbamates (subject to hydrolysis) is 1. The maximum atomic E-state index is 12.7. The van der Waals surface area contributed by atoms with Gasteiger partial charge in [-0.25, -0.2) is 4.79 Å². The van der Waals surface area contributed by atoms with Crippen LogP contribution in [-0.4, -0.2) is 41.6 Å². The molecule has 1 atom stereocenters. The number of ether oxygens (including phenoxy) is 3. The summed E-state index contributed by atoms with van der Waals surface area (Å²) in [5, 5.41) is 10.2. The Bertz CT molecular complexity index is 948. The van der Waals surface area contributed by atoms with Crippen LogP contribution < -0.4 is 20.1 Å². The number of hydrogen-bond donors (Lipinski definition) is 2. The number of anilines is 1. The Kier molecular flexibility index (Phi) is 6.72. The number of hydrogen-bond acceptors (Lipinski definition) is 6. The van der Waals surface area contributed by atoms with Crippen molar-refractivity contribution in [2.75, 3.05) is 19.5 Å². The van der Waals surface area contributed by atoms with Crippen LogP contribution in [0.2, 0.25) is 0 Å². The van der Waals surface area contributed by atoms with E-state index < -0.39 is 11.7 Å². The molecular formula is C22H30N4O5. The Morgan fingerprint density at radius 2 is 2.00 bits per heavy atom. The first-order valence-electron chi connectivity index (χ1n) is 10.3. The number of rotatable bonds is 6. The number of methoxy groups -OCH3 is 2. The fourth-order valence-electron chi connectivity index (χ4n) is 3.61. The molecule has 0 aliphatic heterocycles. The van der Waals surface area contributed by atoms with Gasteiger partial charge in [-0.3, -0.25) is 9.48 Å². The Hall–Kier alpha value is -3.23. The van der Waals surface area contributed by atoms with Gasteiger partial charge in [-0.2, -0.15) is 5.10 Å². The van der Waals surface area contributed by atoms with Gasteiger partial charge in [-0.15, -0.1) is 0 Å². The highest BCUT2D eigenvalue weighted by molar-refractivity contribution is 5.92. The van der Waals surface area contributed by atoms with E-state index >= 15 is 0 Å². The highest BCUT2D eigenvalue weighted by Gasteiger charge is 2.29. The fraction of sp³-hybridized carbons (Fsp3) is 0.500. The zero-order valence-corrected chi connectivity index (χ0v) is 18.7. The number of benzene rings is 1. The number of nitrogens with zero attached hydrogens (tertiary/aromatic N) is 2. The molecule has 0 fully saturated rings. The van der Waals surface area contributed by atoms with E-state index in [-0.39, 0.29) is 18.5 Å². The fourth-order valence-corrected chi connectivity index (χ4v) is 3.61. The molecule has 1 aliphatic rings. The van der Waals surface area contributed by atoms with E-state index in [2.05, 4.69) is 15.7 Å². The Morgan fingerprint density at radius 1 is 1.23 bits per heavy atom. The Balaban J connectivity index is 1.73. The topological polar surface area (TPSA) is 104 Å². The summed E-state index contributed by atoms with van der Waals surface area (Å²) >= 11 is 0. The Morgan fingerprint density at radius 3 is 2.68 bits per heavy atom. The van der Waals surface area contributed by atoms with Gasteiger partial charge in [-0.05, 0) is 57.7 Å². The van der Waals surface area contributed by atoms with E-state index in [9.17, 15) is 9.59 Å². The molecule has 31 heavy (non-hydrogen) atoms. The van der Waals surface area contributed by atoms with Crippen molar-refractivity contribution in [1.82, 2.24) is 15.1 Å². The standard InChI is InChI=1S/C22H30N4O5/c1-22(2,3)31-21(28)25-17-8-6-7-14-12-23-26(20(14)17)13-19(27)24-16-10-9-15(29-4)11-18(16)30-5/h9-12,17H,6-8,13H2,1-5H3,(H,24,27)(H,25,28). The molecule has 9 heteroatoms. The van der Waals surface area contributed by atoms with Crippen LogP contribution in [0.15, 0.2) is 24.4 Å². The predicted octanol–water partition coefficient (Wildman–Crippen LogP) is 3.44. The molecule has 1 unspecified atom stereocenters. The zero-order valence-electron chi connectivity index (χ0n) is 18.7. The van der Waals surface area contributed by atoms with Crippen molar-refractivity contribution in [3.63, 3.8) is 0 Å². The average Bonchev–Trinajstić information content (AvgIpc) is 3.10. The van der Waals surface area contributed by atoms with Crippen LogP contribution in [0.3, 0.4) is 0 Å². The number of amides is 2. The number of aryl methyl sites for hydroxylation is 1. The quantitative estimate of drug-likeness (QED) is 0.728. The van der Waals surface area contributed by atoms with Crippen molar-refractivity contribution >= 4 is 17.7 Å². The number of aromatic nitrogens is 2. The normalized spacial score (nSPS) is 15.6. The third kappa shape index (κ3) is 5.68. The first-order valence-corrected chi connectivity index (χ1v) is 10.3. The van der Waals surface area contributed by atoms with Crippen molar-refractivity contribution in [2.45, 2.75) is 58.2 Å². The monoisotopic (exact) mass is 430 g/mol. The number of carbonyl (C=O) groups is 2. The van der Waals surface area contributed by atoms with Crippen LogP contribution in [0.25, 0.3) is 0 Å². The minimum atomic E-state index is -0.584. The predicted molar refractivity (Wildman–Crippen MR) is 115 cm³/mol. The van der Waals surface area contributed by atoms with Gasteiger partial charge >= 0.3 is 6.09 Å². The average molecular weight is 431 g/mol. The maximum Gasteiger partial charge on any atom is 0.408 e. The molecule has 0 radical (unpaired) electrons. The lowest BCUT2D eigenvalue weighted by atomic mass is 9.93. The largest absolute Gasteiger partial charge is 0.497 e. The van der Waals surface area contributed by atoms with E-state index in [0.717, 1.165) is 30.5 Å². The lowest BCUT2D eigenvalue weighted by Gasteiger charge is -2.27. The van der Waals surface area contributed by atoms with Crippen LogP contribution in [-0.2, 0) is 22.5 Å². The van der Waals surface area contributed by atoms with Gasteiger partial charge in [0.15, 0.2) is 0 Å². The van der Waals surface area contributed by atoms with Gasteiger partial charge in [0.25, 0.3) is 0 Å². The van der Waals surface area contributed by atoms with E-state index in [1.165, 1.54) is 7.11 Å². The van der Waals surface area contributed by atoms with Crippen molar-refractivity contribution in [3.05, 3.63) is 35.7 Å². The van der Waals surface area contributed by atoms with Crippen molar-refractivity contribution in [1.29, 1.82) is 0 Å². The minimum absolute atomic E-state index is 0.0109. The lowest BCUT2D eigenvalue weighted by Crippen LogP contribution is -2.37. The highest BCUT2D eigenvalue weighted by atomic mass is 16.6. The van der Waals surface area contributed by atoms with Crippen LogP contribution in [0, 0.1) is 0 Å². The highest BCUT2D eigenvalue weighted by Crippen LogP contribution is 2.31. The number of fused-ring (bicyclic) bond motifs is 1. The molecule has 0 saturated heterocycles. The summed E-state index contributed by atoms with van der Waals surface area (Å²) in [5.41, 5.74) is 1.83. The van der Waals surface area contributed by atoms with E-state index in [4.69, 9.17) is 14.2 Å². The summed E-state index contributed by atoms with van der Waals surface area (Å²) in [6.07, 6.45) is 3.82. The van der Waals surface area contributed by atoms with Crippen LogP contribution in [0.5, 0.6) is 11.5 Å². The van der Waals surface area contributed by atoms with Gasteiger partial charge in [-0.1, -0.05) is 0 Å². The summed E-state index contributed by atoms with van der Waals surface area (Å²) < 4.78 is 17.6. The molecule has 2 N–H and O–H groups in total. The first kappa shape index (κ1) is 22.5. The van der Waals surface area contributed by atoms with Crippen LogP contribution in [0.1, 0.15) is 50.9 Å². The summed E-state index contributed by atoms with van der Waals surface area (Å²) in [5.74, 6) is 0.877. The molecule has 3 rings (SSSR count). The second-order valence-electron chi connectivity index (χ2n) is 8.42. The third-order valence-electron chi connectivity index (χ3n) is 4.90. The SMILES string of the molecule is COc1ccc(NC(=O)Cn2ncc3c2C(NC(=O)OC(C)(C)C)CCC3)c(OC)c1. The molecular weight excluding hydrogens is 400 g/mol. The van der Waals surface area contributed by atoms with E-state index in [0.29, 0.717) is 17.2 Å². The van der Waals surface area contributed by atoms with Gasteiger partial charge in [0.1, 0.15) is 23.6 Å². The van der Waals surface area contributed by atoms with Crippen LogP contribution in [0.4, 0.5) is 10.5 Å². The molecule has 1 aromatic heterocycles. The summed E-state index contributed by atoms with van der Waals surface area (Å²) in [6.45, 7) is 5.47. The van der Waals surface area contributed by atoms with Gasteiger partial charge < -0.3 is 24.8 Å². The van der Waals surface area contributed by atoms with Crippen molar-refractivity contribution < 1.29 is 23.8 Å². The Labute approximate surface area is 182 Å². The van der Waals surface area contributed by atoms with Crippen molar-refractivity contribution in [2.24, 2.45) is 0 Å². The lowest BCUT2D eigenvalue weighted by molar-refractivity contribution is -0.117. The molecule has 168 valence electrons. The summed E-state index contributed by atoms with van der Waals surface area (Å²) in [6, 6.07) is 4.91. The molecule has 1 heterocycles. The molecule has 2 amide bonds. The molecule has 2 aromatic rings. The maximum absolute atomic E-state index is 12.7. The second kappa shape index (κ2) is 9.28. The first-order chi connectivity index (χ1) is 14.7.